The molecule has 0 bridgehead atoms. The molecule has 2 aromatic rings. The van der Waals surface area contributed by atoms with E-state index in [1.54, 1.807) is 14.1 Å². The van der Waals surface area contributed by atoms with Crippen molar-refractivity contribution in [2.24, 2.45) is 0 Å². The zero-order valence-electron chi connectivity index (χ0n) is 16.7. The lowest BCUT2D eigenvalue weighted by Gasteiger charge is -2.36. The number of piperazine rings is 1. The minimum Gasteiger partial charge on any atom is -0.484 e. The van der Waals surface area contributed by atoms with Crippen LogP contribution in [0.5, 0.6) is 5.75 Å². The summed E-state index contributed by atoms with van der Waals surface area (Å²) in [6, 6.07) is 7.72. The second kappa shape index (κ2) is 9.00. The molecule has 1 aromatic carbocycles. The van der Waals surface area contributed by atoms with Gasteiger partial charge in [-0.15, -0.1) is 0 Å². The molecule has 1 saturated heterocycles. The lowest BCUT2D eigenvalue weighted by atomic mass is 10.2. The number of ether oxygens (including phenoxy) is 1. The molecule has 0 radical (unpaired) electrons. The molecule has 0 saturated carbocycles. The summed E-state index contributed by atoms with van der Waals surface area (Å²) in [5.74, 6) is 0.704. The average Bonchev–Trinajstić information content (AvgIpc) is 3.09. The van der Waals surface area contributed by atoms with Crippen LogP contribution in [0.2, 0.25) is 0 Å². The van der Waals surface area contributed by atoms with Crippen LogP contribution in [-0.2, 0) is 16.8 Å². The van der Waals surface area contributed by atoms with Gasteiger partial charge in [0.2, 0.25) is 0 Å². The van der Waals surface area contributed by atoms with E-state index in [1.807, 2.05) is 31.2 Å². The average molecular weight is 488 g/mol. The fourth-order valence-electron chi connectivity index (χ4n) is 3.16. The molecular formula is C18H26BrN5O4S. The predicted molar refractivity (Wildman–Crippen MR) is 114 cm³/mol. The summed E-state index contributed by atoms with van der Waals surface area (Å²) in [6.07, 6.45) is -0.299. The molecule has 0 spiro atoms. The molecule has 1 fully saturated rings. The molecule has 0 aliphatic carbocycles. The van der Waals surface area contributed by atoms with Crippen molar-refractivity contribution in [3.05, 3.63) is 40.1 Å². The number of nitrogens with zero attached hydrogens (tertiary/aromatic N) is 4. The van der Waals surface area contributed by atoms with Gasteiger partial charge in [-0.25, -0.2) is 0 Å². The van der Waals surface area contributed by atoms with E-state index >= 15 is 0 Å². The van der Waals surface area contributed by atoms with Gasteiger partial charge in [0, 0.05) is 46.0 Å². The van der Waals surface area contributed by atoms with Crippen LogP contribution >= 0.6 is 15.9 Å². The molecular weight excluding hydrogens is 462 g/mol. The lowest BCUT2D eigenvalue weighted by molar-refractivity contribution is 0.221. The van der Waals surface area contributed by atoms with E-state index < -0.39 is 10.2 Å². The normalized spacial score (nSPS) is 17.0. The van der Waals surface area contributed by atoms with Gasteiger partial charge in [-0.2, -0.15) is 22.1 Å². The number of aliphatic hydroxyl groups excluding tert-OH is 1. The van der Waals surface area contributed by atoms with Crippen LogP contribution in [-0.4, -0.2) is 72.6 Å². The Labute approximate surface area is 179 Å². The third kappa shape index (κ3) is 4.75. The molecule has 1 aromatic heterocycles. The Kier molecular flexibility index (Phi) is 6.84. The maximum absolute atomic E-state index is 12.2. The Morgan fingerprint density at radius 3 is 2.38 bits per heavy atom. The first kappa shape index (κ1) is 22.0. The first-order valence-electron chi connectivity index (χ1n) is 9.26. The molecule has 29 heavy (non-hydrogen) atoms. The molecule has 3 rings (SSSR count). The number of hydrogen-bond donors (Lipinski definition) is 2. The highest BCUT2D eigenvalue weighted by atomic mass is 79.9. The first-order valence-corrected chi connectivity index (χ1v) is 11.5. The SMILES string of the molecule is CC(Oc1ccc(N2CCN(S(=O)(=O)N(C)C)CC2)cc1)c1n[nH]c(CO)c1Br. The van der Waals surface area contributed by atoms with Crippen LogP contribution in [0.25, 0.3) is 0 Å². The van der Waals surface area contributed by atoms with E-state index in [0.717, 1.165) is 10.2 Å². The molecule has 1 unspecified atom stereocenters. The van der Waals surface area contributed by atoms with Gasteiger partial charge in [0.25, 0.3) is 10.2 Å². The maximum Gasteiger partial charge on any atom is 0.281 e. The summed E-state index contributed by atoms with van der Waals surface area (Å²) >= 11 is 3.43. The highest BCUT2D eigenvalue weighted by molar-refractivity contribution is 9.10. The number of anilines is 1. The lowest BCUT2D eigenvalue weighted by Crippen LogP contribution is -2.51. The van der Waals surface area contributed by atoms with Crippen molar-refractivity contribution in [3.63, 3.8) is 0 Å². The molecule has 160 valence electrons. The highest BCUT2D eigenvalue weighted by Gasteiger charge is 2.28. The van der Waals surface area contributed by atoms with E-state index in [2.05, 4.69) is 31.0 Å². The van der Waals surface area contributed by atoms with Crippen LogP contribution in [0, 0.1) is 0 Å². The molecule has 2 heterocycles. The van der Waals surface area contributed by atoms with E-state index in [1.165, 1.54) is 8.61 Å². The Hall–Kier alpha value is -1.66. The zero-order chi connectivity index (χ0) is 21.2. The fraction of sp³-hybridized carbons (Fsp3) is 0.500. The van der Waals surface area contributed by atoms with Gasteiger partial charge in [0.1, 0.15) is 17.5 Å². The van der Waals surface area contributed by atoms with Crippen LogP contribution in [0.15, 0.2) is 28.7 Å². The van der Waals surface area contributed by atoms with E-state index in [4.69, 9.17) is 4.74 Å². The summed E-state index contributed by atoms with van der Waals surface area (Å²) in [4.78, 5) is 2.16. The van der Waals surface area contributed by atoms with Gasteiger partial charge >= 0.3 is 0 Å². The minimum atomic E-state index is -3.36. The highest BCUT2D eigenvalue weighted by Crippen LogP contribution is 2.29. The van der Waals surface area contributed by atoms with Gasteiger partial charge in [-0.05, 0) is 47.1 Å². The molecule has 11 heteroatoms. The summed E-state index contributed by atoms with van der Waals surface area (Å²) in [7, 11) is -0.266. The van der Waals surface area contributed by atoms with Crippen LogP contribution in [0.1, 0.15) is 24.4 Å². The standard InChI is InChI=1S/C18H26BrN5O4S/c1-13(18-17(19)16(12-25)20-21-18)28-15-6-4-14(5-7-15)23-8-10-24(11-9-23)29(26,27)22(2)3/h4-7,13,25H,8-12H2,1-3H3,(H,20,21). The summed E-state index contributed by atoms with van der Waals surface area (Å²) in [6.45, 7) is 3.94. The smallest absolute Gasteiger partial charge is 0.281 e. The Morgan fingerprint density at radius 2 is 1.86 bits per heavy atom. The second-order valence-corrected chi connectivity index (χ2v) is 9.93. The van der Waals surface area contributed by atoms with Crippen LogP contribution < -0.4 is 9.64 Å². The summed E-state index contributed by atoms with van der Waals surface area (Å²) < 4.78 is 33.9. The molecule has 2 N–H and O–H groups in total. The van der Waals surface area contributed by atoms with Gasteiger partial charge in [0.05, 0.1) is 16.8 Å². The molecule has 9 nitrogen and oxygen atoms in total. The third-order valence-corrected chi connectivity index (χ3v) is 7.71. The third-order valence-electron chi connectivity index (χ3n) is 4.89. The number of rotatable bonds is 7. The summed E-state index contributed by atoms with van der Waals surface area (Å²) in [5.41, 5.74) is 2.33. The number of hydrogen-bond acceptors (Lipinski definition) is 6. The fourth-order valence-corrected chi connectivity index (χ4v) is 4.87. The van der Waals surface area contributed by atoms with Crippen LogP contribution in [0.4, 0.5) is 5.69 Å². The monoisotopic (exact) mass is 487 g/mol. The maximum atomic E-state index is 12.2. The quantitative estimate of drug-likeness (QED) is 0.616. The Bertz CT molecular complexity index is 924. The van der Waals surface area contributed by atoms with Crippen molar-refractivity contribution < 1.29 is 18.3 Å². The minimum absolute atomic E-state index is 0.127. The molecule has 1 aliphatic heterocycles. The predicted octanol–water partition coefficient (Wildman–Crippen LogP) is 1.73. The van der Waals surface area contributed by atoms with Crippen molar-refractivity contribution in [2.45, 2.75) is 19.6 Å². The largest absolute Gasteiger partial charge is 0.484 e. The number of aromatic nitrogens is 2. The van der Waals surface area contributed by atoms with Crippen molar-refractivity contribution in [3.8, 4) is 5.75 Å². The first-order chi connectivity index (χ1) is 13.7. The van der Waals surface area contributed by atoms with Gasteiger partial charge in [-0.3, -0.25) is 5.10 Å². The Morgan fingerprint density at radius 1 is 1.24 bits per heavy atom. The number of halogens is 1. The van der Waals surface area contributed by atoms with Crippen LogP contribution in [0.3, 0.4) is 0 Å². The number of nitrogens with one attached hydrogen (secondary N) is 1. The van der Waals surface area contributed by atoms with Crippen molar-refractivity contribution in [1.82, 2.24) is 18.8 Å². The van der Waals surface area contributed by atoms with Gasteiger partial charge < -0.3 is 14.7 Å². The number of benzene rings is 1. The molecule has 0 amide bonds. The van der Waals surface area contributed by atoms with Crippen molar-refractivity contribution >= 4 is 31.8 Å². The van der Waals surface area contributed by atoms with Gasteiger partial charge in [0.15, 0.2) is 0 Å². The van der Waals surface area contributed by atoms with Crippen molar-refractivity contribution in [1.29, 1.82) is 0 Å². The molecule has 1 aliphatic rings. The topological polar surface area (TPSA) is 102 Å². The number of aromatic amines is 1. The summed E-state index contributed by atoms with van der Waals surface area (Å²) in [5, 5.41) is 16.2. The number of aliphatic hydroxyl groups is 1. The Balaban J connectivity index is 1.60. The number of H-pyrrole nitrogens is 1. The van der Waals surface area contributed by atoms with E-state index in [-0.39, 0.29) is 12.7 Å². The molecule has 1 atom stereocenters. The second-order valence-electron chi connectivity index (χ2n) is 6.99. The zero-order valence-corrected chi connectivity index (χ0v) is 19.1. The van der Waals surface area contributed by atoms with Gasteiger partial charge in [-0.1, -0.05) is 0 Å². The van der Waals surface area contributed by atoms with E-state index in [0.29, 0.717) is 43.3 Å². The van der Waals surface area contributed by atoms with Crippen molar-refractivity contribution in [2.75, 3.05) is 45.2 Å². The van der Waals surface area contributed by atoms with E-state index in [9.17, 15) is 13.5 Å².